The highest BCUT2D eigenvalue weighted by Crippen LogP contribution is 2.28. The molecular weight excluding hydrogens is 256 g/mol. The monoisotopic (exact) mass is 274 g/mol. The van der Waals surface area contributed by atoms with E-state index in [9.17, 15) is 15.0 Å². The number of aromatic hydroxyl groups is 1. The summed E-state index contributed by atoms with van der Waals surface area (Å²) in [5, 5.41) is 19.7. The van der Waals surface area contributed by atoms with E-state index in [-0.39, 0.29) is 17.3 Å². The van der Waals surface area contributed by atoms with Gasteiger partial charge in [0.1, 0.15) is 17.1 Å². The summed E-state index contributed by atoms with van der Waals surface area (Å²) in [6.07, 6.45) is 6.16. The zero-order valence-corrected chi connectivity index (χ0v) is 11.4. The molecule has 0 fully saturated rings. The molecule has 1 atom stereocenters. The van der Waals surface area contributed by atoms with Crippen LogP contribution in [0.4, 0.5) is 0 Å². The van der Waals surface area contributed by atoms with E-state index in [2.05, 4.69) is 0 Å². The second-order valence-corrected chi connectivity index (χ2v) is 4.89. The van der Waals surface area contributed by atoms with Crippen molar-refractivity contribution in [3.63, 3.8) is 0 Å². The van der Waals surface area contributed by atoms with Crippen LogP contribution in [-0.4, -0.2) is 28.7 Å². The van der Waals surface area contributed by atoms with E-state index in [1.807, 2.05) is 12.1 Å². The highest BCUT2D eigenvalue weighted by atomic mass is 16.5. The number of benzene rings is 1. The van der Waals surface area contributed by atoms with Crippen LogP contribution in [0.1, 0.15) is 18.4 Å². The van der Waals surface area contributed by atoms with Gasteiger partial charge in [-0.3, -0.25) is 4.79 Å². The van der Waals surface area contributed by atoms with E-state index < -0.39 is 5.60 Å². The number of carbonyl (C=O) groups is 1. The Labute approximate surface area is 118 Å². The van der Waals surface area contributed by atoms with Crippen LogP contribution in [0.3, 0.4) is 0 Å². The zero-order valence-electron chi connectivity index (χ0n) is 11.4. The van der Waals surface area contributed by atoms with Crippen molar-refractivity contribution in [1.29, 1.82) is 0 Å². The van der Waals surface area contributed by atoms with Gasteiger partial charge in [0, 0.05) is 6.08 Å². The Morgan fingerprint density at radius 2 is 1.95 bits per heavy atom. The van der Waals surface area contributed by atoms with Gasteiger partial charge in [-0.15, -0.1) is 0 Å². The molecule has 1 aromatic rings. The Morgan fingerprint density at radius 1 is 1.25 bits per heavy atom. The first-order valence-electron chi connectivity index (χ1n) is 6.53. The predicted octanol–water partition coefficient (Wildman–Crippen LogP) is 2.12. The van der Waals surface area contributed by atoms with Gasteiger partial charge >= 0.3 is 0 Å². The summed E-state index contributed by atoms with van der Waals surface area (Å²) in [4.78, 5) is 11.3. The van der Waals surface area contributed by atoms with Gasteiger partial charge in [-0.25, -0.2) is 0 Å². The van der Waals surface area contributed by atoms with E-state index in [0.717, 1.165) is 18.4 Å². The first kappa shape index (κ1) is 14.3. The predicted molar refractivity (Wildman–Crippen MR) is 75.2 cm³/mol. The van der Waals surface area contributed by atoms with E-state index in [0.29, 0.717) is 6.42 Å². The molecule has 1 aromatic carbocycles. The Kier molecular flexibility index (Phi) is 4.25. The van der Waals surface area contributed by atoms with Crippen molar-refractivity contribution < 1.29 is 19.7 Å². The number of hydrogen-bond acceptors (Lipinski definition) is 4. The molecule has 1 aliphatic carbocycles. The zero-order chi connectivity index (χ0) is 14.6. The maximum Gasteiger partial charge on any atom is 0.181 e. The molecule has 1 aliphatic rings. The molecule has 4 heteroatoms. The van der Waals surface area contributed by atoms with Crippen molar-refractivity contribution in [3.8, 4) is 5.75 Å². The summed E-state index contributed by atoms with van der Waals surface area (Å²) in [6.45, 7) is 0. The molecule has 0 unspecified atom stereocenters. The highest BCUT2D eigenvalue weighted by Gasteiger charge is 2.32. The smallest absolute Gasteiger partial charge is 0.181 e. The minimum absolute atomic E-state index is 0.176. The van der Waals surface area contributed by atoms with E-state index in [4.69, 9.17) is 4.74 Å². The second-order valence-electron chi connectivity index (χ2n) is 4.89. The molecule has 4 nitrogen and oxygen atoms in total. The van der Waals surface area contributed by atoms with Gasteiger partial charge in [0.2, 0.25) is 0 Å². The van der Waals surface area contributed by atoms with E-state index >= 15 is 0 Å². The second kappa shape index (κ2) is 5.92. The largest absolute Gasteiger partial charge is 0.508 e. The first-order chi connectivity index (χ1) is 9.53. The van der Waals surface area contributed by atoms with Crippen LogP contribution in [0.15, 0.2) is 48.3 Å². The Balaban J connectivity index is 1.96. The van der Waals surface area contributed by atoms with Crippen LogP contribution in [-0.2, 0) is 16.0 Å². The van der Waals surface area contributed by atoms with E-state index in [1.54, 1.807) is 12.1 Å². The number of aliphatic hydroxyl groups is 1. The number of ether oxygens (including phenoxy) is 1. The average molecular weight is 274 g/mol. The quantitative estimate of drug-likeness (QED) is 0.863. The van der Waals surface area contributed by atoms with Crippen molar-refractivity contribution >= 4 is 5.78 Å². The summed E-state index contributed by atoms with van der Waals surface area (Å²) in [6, 6.07) is 6.99. The molecule has 20 heavy (non-hydrogen) atoms. The molecule has 106 valence electrons. The summed E-state index contributed by atoms with van der Waals surface area (Å²) in [5.41, 5.74) is -0.121. The lowest BCUT2D eigenvalue weighted by Crippen LogP contribution is -2.32. The van der Waals surface area contributed by atoms with Gasteiger partial charge < -0.3 is 14.9 Å². The molecule has 0 amide bonds. The Morgan fingerprint density at radius 3 is 2.60 bits per heavy atom. The minimum Gasteiger partial charge on any atom is -0.508 e. The average Bonchev–Trinajstić information content (AvgIpc) is 2.44. The number of phenolic OH excluding ortho intramolecular Hbond substituents is 1. The first-order valence-corrected chi connectivity index (χ1v) is 6.53. The van der Waals surface area contributed by atoms with Crippen LogP contribution in [0.5, 0.6) is 5.75 Å². The number of aryl methyl sites for hydroxylation is 1. The Bertz CT molecular complexity index is 542. The maximum absolute atomic E-state index is 11.3. The van der Waals surface area contributed by atoms with Crippen molar-refractivity contribution in [1.82, 2.24) is 0 Å². The number of carbonyl (C=O) groups excluding carboxylic acids is 1. The molecule has 0 heterocycles. The van der Waals surface area contributed by atoms with Gasteiger partial charge in [0.25, 0.3) is 0 Å². The molecule has 0 aliphatic heterocycles. The van der Waals surface area contributed by atoms with Gasteiger partial charge in [-0.1, -0.05) is 12.1 Å². The molecule has 0 spiro atoms. The summed E-state index contributed by atoms with van der Waals surface area (Å²) < 4.78 is 5.10. The number of rotatable bonds is 5. The molecule has 0 radical (unpaired) electrons. The van der Waals surface area contributed by atoms with Crippen LogP contribution in [0.2, 0.25) is 0 Å². The number of ketones is 1. The lowest BCUT2D eigenvalue weighted by molar-refractivity contribution is -0.111. The molecule has 0 saturated carbocycles. The fraction of sp³-hybridized carbons (Fsp3) is 0.312. The van der Waals surface area contributed by atoms with Crippen molar-refractivity contribution in [2.75, 3.05) is 7.11 Å². The van der Waals surface area contributed by atoms with Crippen molar-refractivity contribution in [2.24, 2.45) is 0 Å². The number of allylic oxidation sites excluding steroid dienone is 2. The lowest BCUT2D eigenvalue weighted by Gasteiger charge is -2.28. The third kappa shape index (κ3) is 3.27. The standard InChI is InChI=1S/C16H18O4/c1-20-15-11-14(18)8-10-16(15,19)9-2-3-12-4-6-13(17)7-5-12/h4-8,10-11,17,19H,2-3,9H2,1H3/t16-/m1/s1. The fourth-order valence-electron chi connectivity index (χ4n) is 2.27. The maximum atomic E-state index is 11.3. The Hall–Kier alpha value is -2.07. The van der Waals surface area contributed by atoms with E-state index in [1.165, 1.54) is 25.3 Å². The van der Waals surface area contributed by atoms with Gasteiger partial charge in [-0.05, 0) is 49.1 Å². The number of methoxy groups -OCH3 is 1. The summed E-state index contributed by atoms with van der Waals surface area (Å²) in [5.74, 6) is 0.353. The third-order valence-electron chi connectivity index (χ3n) is 3.40. The highest BCUT2D eigenvalue weighted by molar-refractivity contribution is 6.01. The lowest BCUT2D eigenvalue weighted by atomic mass is 9.89. The molecule has 0 saturated heterocycles. The van der Waals surface area contributed by atoms with Gasteiger partial charge in [-0.2, -0.15) is 0 Å². The summed E-state index contributed by atoms with van der Waals surface area (Å²) in [7, 11) is 1.45. The number of hydrogen-bond donors (Lipinski definition) is 2. The number of phenols is 1. The minimum atomic E-state index is -1.21. The fourth-order valence-corrected chi connectivity index (χ4v) is 2.27. The molecule has 0 bridgehead atoms. The normalized spacial score (nSPS) is 21.7. The van der Waals surface area contributed by atoms with Crippen molar-refractivity contribution in [3.05, 3.63) is 53.8 Å². The third-order valence-corrected chi connectivity index (χ3v) is 3.40. The SMILES string of the molecule is COC1=CC(=O)C=C[C@]1(O)CCCc1ccc(O)cc1. The molecular formula is C16H18O4. The van der Waals surface area contributed by atoms with Gasteiger partial charge in [0.15, 0.2) is 5.78 Å². The molecule has 0 aromatic heterocycles. The summed E-state index contributed by atoms with van der Waals surface area (Å²) >= 11 is 0. The topological polar surface area (TPSA) is 66.8 Å². The molecule has 2 N–H and O–H groups in total. The van der Waals surface area contributed by atoms with Crippen LogP contribution in [0.25, 0.3) is 0 Å². The van der Waals surface area contributed by atoms with Gasteiger partial charge in [0.05, 0.1) is 7.11 Å². The van der Waals surface area contributed by atoms with Crippen LogP contribution < -0.4 is 0 Å². The van der Waals surface area contributed by atoms with Crippen LogP contribution in [0, 0.1) is 0 Å². The molecule has 2 rings (SSSR count). The van der Waals surface area contributed by atoms with Crippen LogP contribution >= 0.6 is 0 Å². The van der Waals surface area contributed by atoms with Crippen molar-refractivity contribution in [2.45, 2.75) is 24.9 Å².